The first kappa shape index (κ1) is 15.2. The van der Waals surface area contributed by atoms with Crippen molar-refractivity contribution in [2.45, 2.75) is 26.4 Å². The topological polar surface area (TPSA) is 32.3 Å². The van der Waals surface area contributed by atoms with Crippen LogP contribution in [-0.4, -0.2) is 5.11 Å². The summed E-state index contributed by atoms with van der Waals surface area (Å²) >= 11 is 11.8. The molecular formula is C16H17Cl2NO. The number of halogens is 2. The van der Waals surface area contributed by atoms with Gasteiger partial charge >= 0.3 is 0 Å². The second kappa shape index (κ2) is 6.98. The summed E-state index contributed by atoms with van der Waals surface area (Å²) in [6, 6.07) is 11.6. The van der Waals surface area contributed by atoms with Gasteiger partial charge in [0, 0.05) is 23.7 Å². The molecule has 2 aromatic carbocycles. The van der Waals surface area contributed by atoms with Crippen LogP contribution in [0.5, 0.6) is 5.75 Å². The minimum Gasteiger partial charge on any atom is -0.506 e. The number of nitrogens with one attached hydrogen (secondary N) is 1. The van der Waals surface area contributed by atoms with Gasteiger partial charge < -0.3 is 10.4 Å². The van der Waals surface area contributed by atoms with Crippen molar-refractivity contribution in [3.05, 3.63) is 63.1 Å². The van der Waals surface area contributed by atoms with Crippen molar-refractivity contribution in [3.8, 4) is 5.75 Å². The SMILES string of the molecule is CCc1ccccc1CNCc1cc(Cl)cc(Cl)c1O. The van der Waals surface area contributed by atoms with E-state index in [1.807, 2.05) is 12.1 Å². The zero-order chi connectivity index (χ0) is 14.5. The predicted molar refractivity (Wildman–Crippen MR) is 84.5 cm³/mol. The fraction of sp³-hybridized carbons (Fsp3) is 0.250. The maximum absolute atomic E-state index is 9.89. The number of rotatable bonds is 5. The highest BCUT2D eigenvalue weighted by molar-refractivity contribution is 6.35. The van der Waals surface area contributed by atoms with Gasteiger partial charge in [-0.15, -0.1) is 0 Å². The summed E-state index contributed by atoms with van der Waals surface area (Å²) in [4.78, 5) is 0. The van der Waals surface area contributed by atoms with Crippen LogP contribution in [0, 0.1) is 0 Å². The maximum atomic E-state index is 9.89. The lowest BCUT2D eigenvalue weighted by atomic mass is 10.1. The Labute approximate surface area is 129 Å². The van der Waals surface area contributed by atoms with Crippen LogP contribution in [0.4, 0.5) is 0 Å². The van der Waals surface area contributed by atoms with E-state index in [4.69, 9.17) is 23.2 Å². The molecule has 2 rings (SSSR count). The van der Waals surface area contributed by atoms with Gasteiger partial charge in [0.05, 0.1) is 5.02 Å². The largest absolute Gasteiger partial charge is 0.506 e. The van der Waals surface area contributed by atoms with E-state index in [9.17, 15) is 5.11 Å². The molecule has 0 bridgehead atoms. The van der Waals surface area contributed by atoms with Crippen LogP contribution < -0.4 is 5.32 Å². The summed E-state index contributed by atoms with van der Waals surface area (Å²) in [5.41, 5.74) is 3.30. The van der Waals surface area contributed by atoms with Crippen molar-refractivity contribution in [2.24, 2.45) is 0 Å². The Hall–Kier alpha value is -1.22. The number of hydrogen-bond donors (Lipinski definition) is 2. The quantitative estimate of drug-likeness (QED) is 0.849. The van der Waals surface area contributed by atoms with Crippen LogP contribution >= 0.6 is 23.2 Å². The molecule has 0 unspecified atom stereocenters. The third-order valence-corrected chi connectivity index (χ3v) is 3.74. The van der Waals surface area contributed by atoms with E-state index in [1.54, 1.807) is 6.07 Å². The molecule has 0 heterocycles. The molecule has 4 heteroatoms. The molecule has 2 N–H and O–H groups in total. The average molecular weight is 310 g/mol. The number of benzene rings is 2. The van der Waals surface area contributed by atoms with E-state index in [0.717, 1.165) is 13.0 Å². The van der Waals surface area contributed by atoms with Crippen molar-refractivity contribution in [2.75, 3.05) is 0 Å². The fourth-order valence-electron chi connectivity index (χ4n) is 2.16. The molecule has 0 radical (unpaired) electrons. The van der Waals surface area contributed by atoms with E-state index in [1.165, 1.54) is 17.2 Å². The van der Waals surface area contributed by atoms with Gasteiger partial charge in [-0.3, -0.25) is 0 Å². The Morgan fingerprint density at radius 2 is 1.65 bits per heavy atom. The van der Waals surface area contributed by atoms with E-state index in [0.29, 0.717) is 17.1 Å². The summed E-state index contributed by atoms with van der Waals surface area (Å²) in [5.74, 6) is 0.0901. The van der Waals surface area contributed by atoms with E-state index < -0.39 is 0 Å². The normalized spacial score (nSPS) is 10.8. The summed E-state index contributed by atoms with van der Waals surface area (Å²) < 4.78 is 0. The molecule has 0 aliphatic heterocycles. The first-order chi connectivity index (χ1) is 9.61. The molecule has 2 nitrogen and oxygen atoms in total. The first-order valence-corrected chi connectivity index (χ1v) is 7.31. The first-order valence-electron chi connectivity index (χ1n) is 6.56. The second-order valence-corrected chi connectivity index (χ2v) is 5.46. The van der Waals surface area contributed by atoms with E-state index >= 15 is 0 Å². The van der Waals surface area contributed by atoms with E-state index in [-0.39, 0.29) is 10.8 Å². The smallest absolute Gasteiger partial charge is 0.138 e. The minimum atomic E-state index is 0.0901. The predicted octanol–water partition coefficient (Wildman–Crippen LogP) is 4.55. The van der Waals surface area contributed by atoms with Gasteiger partial charge in [-0.1, -0.05) is 54.4 Å². The number of phenols is 1. The zero-order valence-corrected chi connectivity index (χ0v) is 12.8. The summed E-state index contributed by atoms with van der Waals surface area (Å²) in [6.07, 6.45) is 1.01. The van der Waals surface area contributed by atoms with Gasteiger partial charge in [0.1, 0.15) is 5.75 Å². The highest BCUT2D eigenvalue weighted by Crippen LogP contribution is 2.31. The van der Waals surface area contributed by atoms with Crippen molar-refractivity contribution >= 4 is 23.2 Å². The molecule has 20 heavy (non-hydrogen) atoms. The van der Waals surface area contributed by atoms with Crippen LogP contribution in [0.2, 0.25) is 10.0 Å². The summed E-state index contributed by atoms with van der Waals surface area (Å²) in [6.45, 7) is 3.40. The molecular weight excluding hydrogens is 293 g/mol. The third-order valence-electron chi connectivity index (χ3n) is 3.24. The van der Waals surface area contributed by atoms with Gasteiger partial charge in [0.25, 0.3) is 0 Å². The second-order valence-electron chi connectivity index (χ2n) is 4.62. The lowest BCUT2D eigenvalue weighted by Crippen LogP contribution is -2.14. The van der Waals surface area contributed by atoms with Crippen molar-refractivity contribution in [3.63, 3.8) is 0 Å². The van der Waals surface area contributed by atoms with Crippen LogP contribution in [0.25, 0.3) is 0 Å². The average Bonchev–Trinajstić information content (AvgIpc) is 2.44. The van der Waals surface area contributed by atoms with Crippen LogP contribution in [-0.2, 0) is 19.5 Å². The molecule has 0 spiro atoms. The lowest BCUT2D eigenvalue weighted by Gasteiger charge is -2.11. The highest BCUT2D eigenvalue weighted by Gasteiger charge is 2.08. The molecule has 0 atom stereocenters. The van der Waals surface area contributed by atoms with Crippen LogP contribution in [0.3, 0.4) is 0 Å². The van der Waals surface area contributed by atoms with Gasteiger partial charge in [0.2, 0.25) is 0 Å². The molecule has 0 saturated carbocycles. The fourth-order valence-corrected chi connectivity index (χ4v) is 2.70. The Balaban J connectivity index is 2.03. The van der Waals surface area contributed by atoms with Gasteiger partial charge in [-0.25, -0.2) is 0 Å². The Morgan fingerprint density at radius 3 is 2.35 bits per heavy atom. The molecule has 2 aromatic rings. The van der Waals surface area contributed by atoms with Crippen molar-refractivity contribution in [1.29, 1.82) is 0 Å². The van der Waals surface area contributed by atoms with Gasteiger partial charge in [-0.2, -0.15) is 0 Å². The number of aromatic hydroxyl groups is 1. The minimum absolute atomic E-state index is 0.0901. The molecule has 0 aliphatic carbocycles. The van der Waals surface area contributed by atoms with E-state index in [2.05, 4.69) is 24.4 Å². The van der Waals surface area contributed by atoms with Crippen molar-refractivity contribution in [1.82, 2.24) is 5.32 Å². The number of hydrogen-bond acceptors (Lipinski definition) is 2. The lowest BCUT2D eigenvalue weighted by molar-refractivity contribution is 0.464. The number of aryl methyl sites for hydroxylation is 1. The van der Waals surface area contributed by atoms with Crippen LogP contribution in [0.15, 0.2) is 36.4 Å². The Kier molecular flexibility index (Phi) is 5.30. The van der Waals surface area contributed by atoms with Crippen LogP contribution in [0.1, 0.15) is 23.6 Å². The standard InChI is InChI=1S/C16H17Cl2NO/c1-2-11-5-3-4-6-12(11)9-19-10-13-7-14(17)8-15(18)16(13)20/h3-8,19-20H,2,9-10H2,1H3. The molecule has 106 valence electrons. The monoisotopic (exact) mass is 309 g/mol. The Bertz CT molecular complexity index is 599. The highest BCUT2D eigenvalue weighted by atomic mass is 35.5. The molecule has 0 fully saturated rings. The summed E-state index contributed by atoms with van der Waals surface area (Å²) in [7, 11) is 0. The Morgan fingerprint density at radius 1 is 1.00 bits per heavy atom. The van der Waals surface area contributed by atoms with Gasteiger partial charge in [-0.05, 0) is 29.7 Å². The third kappa shape index (κ3) is 3.66. The maximum Gasteiger partial charge on any atom is 0.138 e. The molecule has 0 saturated heterocycles. The van der Waals surface area contributed by atoms with Crippen molar-refractivity contribution < 1.29 is 5.11 Å². The molecule has 0 aromatic heterocycles. The zero-order valence-electron chi connectivity index (χ0n) is 11.3. The van der Waals surface area contributed by atoms with Gasteiger partial charge in [0.15, 0.2) is 0 Å². The molecule has 0 aliphatic rings. The number of phenolic OH excluding ortho intramolecular Hbond substituents is 1. The summed E-state index contributed by atoms with van der Waals surface area (Å²) in [5, 5.41) is 14.0. The molecule has 0 amide bonds.